The van der Waals surface area contributed by atoms with Gasteiger partial charge in [-0.3, -0.25) is 23.6 Å². The molecule has 0 aromatic carbocycles. The normalized spacial score (nSPS) is 27.4. The van der Waals surface area contributed by atoms with E-state index < -0.39 is 54.3 Å². The fraction of sp³-hybridized carbons (Fsp3) is 0.714. The number of nitrogens with zero attached hydrogens (tertiary/aromatic N) is 4. The van der Waals surface area contributed by atoms with Crippen LogP contribution in [-0.2, 0) is 27.3 Å². The molecule has 14 nitrogen and oxygen atoms in total. The highest BCUT2D eigenvalue weighted by Gasteiger charge is 2.50. The van der Waals surface area contributed by atoms with Crippen LogP contribution >= 0.6 is 7.60 Å². The van der Waals surface area contributed by atoms with Gasteiger partial charge in [0.2, 0.25) is 0 Å². The standard InChI is InChI=1S/C21H34N5O9P/c1-6-20(3,35-36(32,33)21(4,31)7-2)9-14-15(27)16(28)18(34-14)26-10-12(17(29)22-19(26)30)8-13-11-25(5)24-23-13/h10-11,14-16,18,27-28,31H,6-9H2,1-5H3,(H,32,33)(H,22,29,30)/t14-,15?,16+,18-,20-,21?/m1/s1. The molecule has 3 rings (SSSR count). The molecule has 2 aromatic heterocycles. The molecule has 3 unspecified atom stereocenters. The minimum Gasteiger partial charge on any atom is -0.388 e. The molecule has 0 bridgehead atoms. The highest BCUT2D eigenvalue weighted by molar-refractivity contribution is 7.54. The number of aromatic nitrogens is 5. The first-order chi connectivity index (χ1) is 16.6. The fourth-order valence-corrected chi connectivity index (χ4v) is 5.31. The summed E-state index contributed by atoms with van der Waals surface area (Å²) in [7, 11) is -2.84. The summed E-state index contributed by atoms with van der Waals surface area (Å²) in [4.78, 5) is 37.4. The number of H-pyrrole nitrogens is 1. The Bertz CT molecular complexity index is 1240. The Kier molecular flexibility index (Phi) is 8.11. The maximum absolute atomic E-state index is 12.8. The zero-order valence-electron chi connectivity index (χ0n) is 20.9. The molecule has 0 saturated carbocycles. The molecule has 1 aliphatic heterocycles. The number of aryl methyl sites for hydroxylation is 1. The van der Waals surface area contributed by atoms with E-state index in [1.165, 1.54) is 24.7 Å². The van der Waals surface area contributed by atoms with Crippen LogP contribution < -0.4 is 11.2 Å². The van der Waals surface area contributed by atoms with E-state index in [0.717, 1.165) is 4.57 Å². The summed E-state index contributed by atoms with van der Waals surface area (Å²) in [6.45, 7) is 5.97. The van der Waals surface area contributed by atoms with Crippen LogP contribution in [0.15, 0.2) is 22.0 Å². The number of hydrogen-bond acceptors (Lipinski definition) is 10. The molecule has 2 aromatic rings. The number of aliphatic hydroxyl groups excluding tert-OH is 2. The second-order valence-corrected chi connectivity index (χ2v) is 11.8. The molecule has 0 radical (unpaired) electrons. The Labute approximate surface area is 207 Å². The van der Waals surface area contributed by atoms with Gasteiger partial charge >= 0.3 is 13.3 Å². The highest BCUT2D eigenvalue weighted by Crippen LogP contribution is 2.59. The quantitative estimate of drug-likeness (QED) is 0.253. The van der Waals surface area contributed by atoms with Crippen LogP contribution in [0.25, 0.3) is 0 Å². The van der Waals surface area contributed by atoms with Crippen LogP contribution in [0.1, 0.15) is 64.4 Å². The molecule has 0 spiro atoms. The van der Waals surface area contributed by atoms with Crippen LogP contribution in [0.2, 0.25) is 0 Å². The predicted molar refractivity (Wildman–Crippen MR) is 126 cm³/mol. The minimum atomic E-state index is -4.50. The van der Waals surface area contributed by atoms with E-state index in [-0.39, 0.29) is 31.2 Å². The summed E-state index contributed by atoms with van der Waals surface area (Å²) in [6, 6.07) is 0. The van der Waals surface area contributed by atoms with Crippen molar-refractivity contribution in [1.82, 2.24) is 24.5 Å². The lowest BCUT2D eigenvalue weighted by Crippen LogP contribution is -2.40. The first kappa shape index (κ1) is 28.4. The zero-order valence-corrected chi connectivity index (χ0v) is 21.8. The van der Waals surface area contributed by atoms with E-state index >= 15 is 0 Å². The number of aromatic amines is 1. The monoisotopic (exact) mass is 531 g/mol. The van der Waals surface area contributed by atoms with Gasteiger partial charge in [0.15, 0.2) is 11.6 Å². The van der Waals surface area contributed by atoms with Crippen molar-refractivity contribution in [3.63, 3.8) is 0 Å². The highest BCUT2D eigenvalue weighted by atomic mass is 31.2. The van der Waals surface area contributed by atoms with E-state index in [9.17, 15) is 34.4 Å². The maximum atomic E-state index is 12.8. The third-order valence-electron chi connectivity index (χ3n) is 6.68. The molecular formula is C21H34N5O9P. The molecule has 1 fully saturated rings. The maximum Gasteiger partial charge on any atom is 0.359 e. The summed E-state index contributed by atoms with van der Waals surface area (Å²) in [5.74, 6) is 0. The Hall–Kier alpha value is -2.19. The van der Waals surface area contributed by atoms with Gasteiger partial charge in [-0.1, -0.05) is 19.1 Å². The SMILES string of the molecule is CCC(C)(O)P(=O)(O)O[C@](C)(CC)C[C@H]1O[C@@H](n2cc(Cc3cn(C)nn3)c(=O)[nH]c2=O)[C@@H](O)C1O. The molecule has 5 N–H and O–H groups in total. The van der Waals surface area contributed by atoms with E-state index in [1.807, 2.05) is 0 Å². The van der Waals surface area contributed by atoms with Crippen LogP contribution in [0, 0.1) is 0 Å². The second-order valence-electron chi connectivity index (χ2n) is 9.62. The second kappa shape index (κ2) is 10.3. The smallest absolute Gasteiger partial charge is 0.359 e. The Balaban J connectivity index is 1.85. The van der Waals surface area contributed by atoms with Gasteiger partial charge in [0.25, 0.3) is 5.56 Å². The first-order valence-electron chi connectivity index (χ1n) is 11.6. The van der Waals surface area contributed by atoms with Gasteiger partial charge in [-0.25, -0.2) is 4.79 Å². The van der Waals surface area contributed by atoms with Gasteiger partial charge < -0.3 is 29.5 Å². The molecular weight excluding hydrogens is 497 g/mol. The van der Waals surface area contributed by atoms with Gasteiger partial charge in [0, 0.05) is 37.8 Å². The first-order valence-corrected chi connectivity index (χ1v) is 13.2. The van der Waals surface area contributed by atoms with Crippen molar-refractivity contribution in [3.8, 4) is 0 Å². The summed E-state index contributed by atoms with van der Waals surface area (Å²) in [5.41, 5.74) is -2.18. The van der Waals surface area contributed by atoms with Gasteiger partial charge in [0.1, 0.15) is 12.2 Å². The van der Waals surface area contributed by atoms with Gasteiger partial charge in [-0.05, 0) is 26.7 Å². The average molecular weight is 532 g/mol. The van der Waals surface area contributed by atoms with Crippen molar-refractivity contribution in [1.29, 1.82) is 0 Å². The summed E-state index contributed by atoms with van der Waals surface area (Å²) < 4.78 is 26.5. The average Bonchev–Trinajstić information content (AvgIpc) is 3.32. The molecule has 0 aliphatic carbocycles. The lowest BCUT2D eigenvalue weighted by Gasteiger charge is -2.37. The topological polar surface area (TPSA) is 202 Å². The third kappa shape index (κ3) is 5.70. The summed E-state index contributed by atoms with van der Waals surface area (Å²) >= 11 is 0. The Morgan fingerprint density at radius 1 is 1.19 bits per heavy atom. The molecule has 15 heteroatoms. The fourth-order valence-electron chi connectivity index (χ4n) is 3.91. The number of hydrogen-bond donors (Lipinski definition) is 5. The van der Waals surface area contributed by atoms with Crippen molar-refractivity contribution in [2.45, 2.75) is 88.9 Å². The van der Waals surface area contributed by atoms with Crippen LogP contribution in [-0.4, -0.2) is 74.0 Å². The summed E-state index contributed by atoms with van der Waals surface area (Å²) in [5, 5.41) is 37.4. The number of nitrogens with one attached hydrogen (secondary N) is 1. The Morgan fingerprint density at radius 3 is 2.42 bits per heavy atom. The largest absolute Gasteiger partial charge is 0.388 e. The molecule has 7 atom stereocenters. The number of aliphatic hydroxyl groups is 3. The van der Waals surface area contributed by atoms with Gasteiger partial charge in [-0.15, -0.1) is 5.10 Å². The Morgan fingerprint density at radius 2 is 1.86 bits per heavy atom. The lowest BCUT2D eigenvalue weighted by molar-refractivity contribution is -0.0715. The van der Waals surface area contributed by atoms with Crippen LogP contribution in [0.4, 0.5) is 0 Å². The van der Waals surface area contributed by atoms with Gasteiger partial charge in [-0.2, -0.15) is 0 Å². The lowest BCUT2D eigenvalue weighted by atomic mass is 9.93. The van der Waals surface area contributed by atoms with Crippen molar-refractivity contribution in [3.05, 3.63) is 44.5 Å². The van der Waals surface area contributed by atoms with E-state index in [4.69, 9.17) is 9.26 Å². The minimum absolute atomic E-state index is 0.0318. The van der Waals surface area contributed by atoms with Gasteiger partial charge in [0.05, 0.1) is 17.4 Å². The molecule has 202 valence electrons. The molecule has 36 heavy (non-hydrogen) atoms. The van der Waals surface area contributed by atoms with E-state index in [0.29, 0.717) is 5.69 Å². The molecule has 1 saturated heterocycles. The zero-order chi connectivity index (χ0) is 27.1. The van der Waals surface area contributed by atoms with E-state index in [2.05, 4.69) is 15.3 Å². The predicted octanol–water partition coefficient (Wildman–Crippen LogP) is -0.246. The van der Waals surface area contributed by atoms with Crippen molar-refractivity contribution >= 4 is 7.60 Å². The molecule has 0 amide bonds. The van der Waals surface area contributed by atoms with Crippen molar-refractivity contribution < 1.29 is 34.0 Å². The van der Waals surface area contributed by atoms with Crippen molar-refractivity contribution in [2.75, 3.05) is 0 Å². The number of rotatable bonds is 10. The molecule has 1 aliphatic rings. The van der Waals surface area contributed by atoms with Crippen LogP contribution in [0.3, 0.4) is 0 Å². The van der Waals surface area contributed by atoms with Crippen molar-refractivity contribution in [2.24, 2.45) is 7.05 Å². The van der Waals surface area contributed by atoms with Crippen LogP contribution in [0.5, 0.6) is 0 Å². The summed E-state index contributed by atoms with van der Waals surface area (Å²) in [6.07, 6.45) is -2.52. The third-order valence-corrected chi connectivity index (χ3v) is 8.90. The number of ether oxygens (including phenoxy) is 1. The van der Waals surface area contributed by atoms with E-state index in [1.54, 1.807) is 27.1 Å². The molecule has 3 heterocycles.